The maximum Gasteiger partial charge on any atom is 0.265 e. The molecule has 0 spiro atoms. The van der Waals surface area contributed by atoms with Crippen molar-refractivity contribution in [2.75, 3.05) is 11.4 Å². The van der Waals surface area contributed by atoms with Gasteiger partial charge in [0, 0.05) is 19.3 Å². The molecule has 0 fully saturated rings. The van der Waals surface area contributed by atoms with Crippen LogP contribution in [0.3, 0.4) is 0 Å². The first-order chi connectivity index (χ1) is 10.7. The van der Waals surface area contributed by atoms with Gasteiger partial charge in [-0.25, -0.2) is 4.98 Å². The first-order valence-electron chi connectivity index (χ1n) is 7.26. The van der Waals surface area contributed by atoms with Gasteiger partial charge in [0.25, 0.3) is 5.89 Å². The Hall–Kier alpha value is -2.70. The van der Waals surface area contributed by atoms with Gasteiger partial charge < -0.3 is 13.9 Å². The molecule has 7 heteroatoms. The van der Waals surface area contributed by atoms with Gasteiger partial charge in [0.15, 0.2) is 5.82 Å². The molecule has 112 valence electrons. The zero-order valence-electron chi connectivity index (χ0n) is 12.5. The predicted octanol–water partition coefficient (Wildman–Crippen LogP) is 2.22. The van der Waals surface area contributed by atoms with Crippen molar-refractivity contribution in [1.29, 1.82) is 0 Å². The summed E-state index contributed by atoms with van der Waals surface area (Å²) >= 11 is 0. The van der Waals surface area contributed by atoms with E-state index in [1.54, 1.807) is 12.5 Å². The van der Waals surface area contributed by atoms with E-state index in [-0.39, 0.29) is 6.04 Å². The van der Waals surface area contributed by atoms with E-state index in [1.807, 2.05) is 19.2 Å². The summed E-state index contributed by atoms with van der Waals surface area (Å²) in [5.41, 5.74) is 1.94. The third-order valence-electron chi connectivity index (χ3n) is 3.97. The Bertz CT molecular complexity index is 793. The van der Waals surface area contributed by atoms with Crippen LogP contribution in [0.1, 0.15) is 24.5 Å². The Labute approximate surface area is 127 Å². The summed E-state index contributed by atoms with van der Waals surface area (Å²) in [6.07, 6.45) is 5.29. The maximum absolute atomic E-state index is 5.46. The van der Waals surface area contributed by atoms with Gasteiger partial charge in [-0.3, -0.25) is 4.98 Å². The largest absolute Gasteiger partial charge is 0.442 e. The summed E-state index contributed by atoms with van der Waals surface area (Å²) < 4.78 is 7.55. The second kappa shape index (κ2) is 4.94. The van der Waals surface area contributed by atoms with Gasteiger partial charge in [0.1, 0.15) is 6.26 Å². The minimum Gasteiger partial charge on any atom is -0.442 e. The smallest absolute Gasteiger partial charge is 0.265 e. The number of nitrogens with zero attached hydrogens (tertiary/aromatic N) is 6. The third-order valence-corrected chi connectivity index (χ3v) is 3.97. The molecular formula is C15H16N6O. The number of rotatable bonds is 2. The molecule has 1 aliphatic heterocycles. The van der Waals surface area contributed by atoms with Crippen molar-refractivity contribution in [2.24, 2.45) is 0 Å². The van der Waals surface area contributed by atoms with Crippen molar-refractivity contribution in [3.05, 3.63) is 42.3 Å². The average Bonchev–Trinajstić information content (AvgIpc) is 3.15. The van der Waals surface area contributed by atoms with E-state index in [1.165, 1.54) is 0 Å². The van der Waals surface area contributed by atoms with Gasteiger partial charge in [0.05, 0.1) is 23.6 Å². The molecule has 0 saturated heterocycles. The summed E-state index contributed by atoms with van der Waals surface area (Å²) in [7, 11) is 0. The predicted molar refractivity (Wildman–Crippen MR) is 80.3 cm³/mol. The number of hydrogen-bond donors (Lipinski definition) is 0. The van der Waals surface area contributed by atoms with Gasteiger partial charge >= 0.3 is 0 Å². The van der Waals surface area contributed by atoms with Crippen molar-refractivity contribution >= 4 is 5.69 Å². The number of fused-ring (bicyclic) bond motifs is 1. The molecule has 0 aromatic carbocycles. The van der Waals surface area contributed by atoms with Crippen LogP contribution in [0.4, 0.5) is 5.69 Å². The van der Waals surface area contributed by atoms with E-state index >= 15 is 0 Å². The zero-order chi connectivity index (χ0) is 15.1. The minimum atomic E-state index is 0.121. The molecule has 3 aromatic heterocycles. The van der Waals surface area contributed by atoms with Crippen LogP contribution in [0.2, 0.25) is 0 Å². The molecule has 0 radical (unpaired) electrons. The van der Waals surface area contributed by atoms with Crippen molar-refractivity contribution < 1.29 is 4.42 Å². The fourth-order valence-corrected chi connectivity index (χ4v) is 2.88. The molecule has 0 unspecified atom stereocenters. The molecule has 0 amide bonds. The fraction of sp³-hybridized carbons (Fsp3) is 0.333. The van der Waals surface area contributed by atoms with Crippen LogP contribution in [0, 0.1) is 6.92 Å². The van der Waals surface area contributed by atoms with E-state index in [2.05, 4.69) is 42.6 Å². The Morgan fingerprint density at radius 1 is 1.27 bits per heavy atom. The molecule has 4 rings (SSSR count). The number of aryl methyl sites for hydroxylation is 1. The molecule has 3 aromatic rings. The number of oxazole rings is 1. The zero-order valence-corrected chi connectivity index (χ0v) is 12.5. The van der Waals surface area contributed by atoms with E-state index < -0.39 is 0 Å². The first-order valence-corrected chi connectivity index (χ1v) is 7.26. The highest BCUT2D eigenvalue weighted by Gasteiger charge is 2.30. The van der Waals surface area contributed by atoms with Crippen molar-refractivity contribution in [1.82, 2.24) is 24.7 Å². The molecule has 1 atom stereocenters. The van der Waals surface area contributed by atoms with Crippen LogP contribution in [0.15, 0.2) is 35.2 Å². The quantitative estimate of drug-likeness (QED) is 0.722. The molecule has 4 heterocycles. The Morgan fingerprint density at radius 2 is 2.18 bits per heavy atom. The Morgan fingerprint density at radius 3 is 2.91 bits per heavy atom. The van der Waals surface area contributed by atoms with Crippen LogP contribution in [-0.4, -0.2) is 31.3 Å². The molecule has 0 bridgehead atoms. The number of aromatic nitrogens is 5. The molecule has 7 nitrogen and oxygen atoms in total. The number of anilines is 1. The normalized spacial score (nSPS) is 17.5. The summed E-state index contributed by atoms with van der Waals surface area (Å²) in [4.78, 5) is 10.8. The maximum atomic E-state index is 5.46. The molecule has 22 heavy (non-hydrogen) atoms. The third kappa shape index (κ3) is 1.97. The lowest BCUT2D eigenvalue weighted by atomic mass is 10.2. The van der Waals surface area contributed by atoms with Crippen LogP contribution >= 0.6 is 0 Å². The first kappa shape index (κ1) is 13.0. The molecule has 0 aliphatic carbocycles. The van der Waals surface area contributed by atoms with Gasteiger partial charge in [-0.1, -0.05) is 0 Å². The summed E-state index contributed by atoms with van der Waals surface area (Å²) in [6, 6.07) is 4.13. The van der Waals surface area contributed by atoms with Crippen LogP contribution in [0.25, 0.3) is 11.7 Å². The number of pyridine rings is 1. The lowest BCUT2D eigenvalue weighted by Gasteiger charge is -2.35. The molecule has 1 aliphatic rings. The van der Waals surface area contributed by atoms with Crippen LogP contribution in [0.5, 0.6) is 0 Å². The standard InChI is InChI=1S/C15H16N6O/c1-10-9-22-15(17-10)14-19-18-13-11(2)20(6-7-21(13)14)12-4-3-5-16-8-12/h3-5,8-9,11H,6-7H2,1-2H3/t11-/m1/s1. The van der Waals surface area contributed by atoms with Crippen LogP contribution in [-0.2, 0) is 6.54 Å². The van der Waals surface area contributed by atoms with Crippen molar-refractivity contribution in [3.8, 4) is 11.7 Å². The van der Waals surface area contributed by atoms with E-state index in [4.69, 9.17) is 4.42 Å². The highest BCUT2D eigenvalue weighted by atomic mass is 16.3. The Kier molecular flexibility index (Phi) is 2.92. The molecular weight excluding hydrogens is 280 g/mol. The SMILES string of the molecule is Cc1coc(-c2nnc3n2CCN(c2cccnc2)[C@@H]3C)n1. The van der Waals surface area contributed by atoms with Crippen molar-refractivity contribution in [3.63, 3.8) is 0 Å². The lowest BCUT2D eigenvalue weighted by Crippen LogP contribution is -2.37. The summed E-state index contributed by atoms with van der Waals surface area (Å²) in [5, 5.41) is 8.62. The van der Waals surface area contributed by atoms with Crippen molar-refractivity contribution in [2.45, 2.75) is 26.4 Å². The summed E-state index contributed by atoms with van der Waals surface area (Å²) in [6.45, 7) is 5.67. The average molecular weight is 296 g/mol. The second-order valence-corrected chi connectivity index (χ2v) is 5.41. The van der Waals surface area contributed by atoms with Crippen LogP contribution < -0.4 is 4.90 Å². The Balaban J connectivity index is 1.71. The topological polar surface area (TPSA) is 72.9 Å². The van der Waals surface area contributed by atoms with Gasteiger partial charge in [-0.2, -0.15) is 0 Å². The molecule has 0 saturated carbocycles. The fourth-order valence-electron chi connectivity index (χ4n) is 2.88. The van der Waals surface area contributed by atoms with Gasteiger partial charge in [-0.15, -0.1) is 10.2 Å². The summed E-state index contributed by atoms with van der Waals surface area (Å²) in [5.74, 6) is 2.14. The van der Waals surface area contributed by atoms with E-state index in [9.17, 15) is 0 Å². The molecule has 0 N–H and O–H groups in total. The van der Waals surface area contributed by atoms with Gasteiger partial charge in [-0.05, 0) is 26.0 Å². The monoisotopic (exact) mass is 296 g/mol. The van der Waals surface area contributed by atoms with Gasteiger partial charge in [0.2, 0.25) is 5.82 Å². The second-order valence-electron chi connectivity index (χ2n) is 5.41. The highest BCUT2D eigenvalue weighted by molar-refractivity contribution is 5.48. The minimum absolute atomic E-state index is 0.121. The number of hydrogen-bond acceptors (Lipinski definition) is 6. The lowest BCUT2D eigenvalue weighted by molar-refractivity contribution is 0.491. The van der Waals surface area contributed by atoms with E-state index in [0.29, 0.717) is 11.7 Å². The van der Waals surface area contributed by atoms with E-state index in [0.717, 1.165) is 30.3 Å². The highest BCUT2D eigenvalue weighted by Crippen LogP contribution is 2.31.